The predicted molar refractivity (Wildman–Crippen MR) is 72.6 cm³/mol. The maximum atomic E-state index is 8.98. The van der Waals surface area contributed by atoms with E-state index in [-0.39, 0.29) is 11.4 Å². The second kappa shape index (κ2) is 5.25. The molecule has 0 saturated carbocycles. The molecule has 6 heteroatoms. The highest BCUT2D eigenvalue weighted by Gasteiger charge is 2.09. The van der Waals surface area contributed by atoms with Gasteiger partial charge in [0, 0.05) is 5.02 Å². The van der Waals surface area contributed by atoms with E-state index in [0.717, 1.165) is 0 Å². The third-order valence-corrected chi connectivity index (χ3v) is 2.95. The van der Waals surface area contributed by atoms with Crippen molar-refractivity contribution in [1.29, 1.82) is 5.26 Å². The number of halogens is 2. The highest BCUT2D eigenvalue weighted by Crippen LogP contribution is 2.32. The van der Waals surface area contributed by atoms with E-state index in [4.69, 9.17) is 27.3 Å². The first-order valence-electron chi connectivity index (χ1n) is 4.88. The summed E-state index contributed by atoms with van der Waals surface area (Å²) in [6.45, 7) is 0. The van der Waals surface area contributed by atoms with Gasteiger partial charge < -0.3 is 10.5 Å². The molecule has 1 aromatic carbocycles. The van der Waals surface area contributed by atoms with Crippen LogP contribution in [-0.4, -0.2) is 4.98 Å². The standard InChI is InChI=1S/C12H7BrClN3O/c13-10-4-8(14)1-2-11(10)18-12-7(5-15)3-9(16)6-17-12/h1-4,6H,16H2. The average molecular weight is 325 g/mol. The van der Waals surface area contributed by atoms with Crippen molar-refractivity contribution in [2.24, 2.45) is 0 Å². The largest absolute Gasteiger partial charge is 0.436 e. The SMILES string of the molecule is N#Cc1cc(N)cnc1Oc1ccc(Cl)cc1Br. The lowest BCUT2D eigenvalue weighted by molar-refractivity contribution is 0.458. The van der Waals surface area contributed by atoms with Gasteiger partial charge in [-0.3, -0.25) is 0 Å². The van der Waals surface area contributed by atoms with E-state index in [1.165, 1.54) is 12.3 Å². The van der Waals surface area contributed by atoms with Gasteiger partial charge >= 0.3 is 0 Å². The van der Waals surface area contributed by atoms with Crippen LogP contribution in [0.3, 0.4) is 0 Å². The summed E-state index contributed by atoms with van der Waals surface area (Å²) < 4.78 is 6.22. The van der Waals surface area contributed by atoms with Crippen LogP contribution in [0.15, 0.2) is 34.9 Å². The Morgan fingerprint density at radius 2 is 2.17 bits per heavy atom. The molecule has 0 bridgehead atoms. The van der Waals surface area contributed by atoms with E-state index in [2.05, 4.69) is 20.9 Å². The number of rotatable bonds is 2. The van der Waals surface area contributed by atoms with Crippen molar-refractivity contribution in [3.8, 4) is 17.7 Å². The van der Waals surface area contributed by atoms with Crippen LogP contribution in [0.2, 0.25) is 5.02 Å². The fraction of sp³-hybridized carbons (Fsp3) is 0. The van der Waals surface area contributed by atoms with Crippen molar-refractivity contribution in [3.63, 3.8) is 0 Å². The van der Waals surface area contributed by atoms with E-state index < -0.39 is 0 Å². The van der Waals surface area contributed by atoms with Gasteiger partial charge in [-0.25, -0.2) is 4.98 Å². The Balaban J connectivity index is 2.37. The zero-order valence-electron chi connectivity index (χ0n) is 9.02. The van der Waals surface area contributed by atoms with Gasteiger partial charge in [0.25, 0.3) is 0 Å². The van der Waals surface area contributed by atoms with Gasteiger partial charge in [0.1, 0.15) is 17.4 Å². The molecule has 2 N–H and O–H groups in total. The van der Waals surface area contributed by atoms with E-state index in [1.54, 1.807) is 18.2 Å². The molecule has 1 aromatic heterocycles. The molecule has 0 atom stereocenters. The summed E-state index contributed by atoms with van der Waals surface area (Å²) in [7, 11) is 0. The van der Waals surface area contributed by atoms with Gasteiger partial charge in [0.15, 0.2) is 0 Å². The first-order chi connectivity index (χ1) is 8.60. The Morgan fingerprint density at radius 1 is 1.39 bits per heavy atom. The fourth-order valence-electron chi connectivity index (χ4n) is 1.29. The summed E-state index contributed by atoms with van der Waals surface area (Å²) in [5.41, 5.74) is 6.24. The van der Waals surface area contributed by atoms with Crippen LogP contribution in [0.5, 0.6) is 11.6 Å². The van der Waals surface area contributed by atoms with Crippen LogP contribution in [0.4, 0.5) is 5.69 Å². The lowest BCUT2D eigenvalue weighted by Gasteiger charge is -2.08. The molecular weight excluding hydrogens is 318 g/mol. The minimum Gasteiger partial charge on any atom is -0.436 e. The number of nitriles is 1. The zero-order valence-corrected chi connectivity index (χ0v) is 11.4. The number of anilines is 1. The molecule has 0 aliphatic heterocycles. The molecule has 0 aliphatic carbocycles. The molecule has 1 heterocycles. The lowest BCUT2D eigenvalue weighted by atomic mass is 10.3. The topological polar surface area (TPSA) is 71.9 Å². The summed E-state index contributed by atoms with van der Waals surface area (Å²) in [5.74, 6) is 0.725. The maximum Gasteiger partial charge on any atom is 0.237 e. The van der Waals surface area contributed by atoms with E-state index in [0.29, 0.717) is 20.9 Å². The number of ether oxygens (including phenoxy) is 1. The summed E-state index contributed by atoms with van der Waals surface area (Å²) >= 11 is 9.15. The fourth-order valence-corrected chi connectivity index (χ4v) is 2.06. The Kier molecular flexibility index (Phi) is 3.70. The first-order valence-corrected chi connectivity index (χ1v) is 6.06. The van der Waals surface area contributed by atoms with Crippen LogP contribution >= 0.6 is 27.5 Å². The van der Waals surface area contributed by atoms with Gasteiger partial charge in [0.05, 0.1) is 16.4 Å². The molecule has 4 nitrogen and oxygen atoms in total. The van der Waals surface area contributed by atoms with Crippen molar-refractivity contribution in [1.82, 2.24) is 4.98 Å². The number of pyridine rings is 1. The Hall–Kier alpha value is -1.77. The molecule has 0 unspecified atom stereocenters. The van der Waals surface area contributed by atoms with Crippen molar-refractivity contribution >= 4 is 33.2 Å². The molecule has 90 valence electrons. The molecule has 0 amide bonds. The molecular formula is C12H7BrClN3O. The first kappa shape index (κ1) is 12.7. The average Bonchev–Trinajstić information content (AvgIpc) is 2.34. The highest BCUT2D eigenvalue weighted by molar-refractivity contribution is 9.10. The number of hydrogen-bond acceptors (Lipinski definition) is 4. The van der Waals surface area contributed by atoms with Crippen LogP contribution in [0.25, 0.3) is 0 Å². The second-order valence-corrected chi connectivity index (χ2v) is 4.70. The highest BCUT2D eigenvalue weighted by atomic mass is 79.9. The Morgan fingerprint density at radius 3 is 2.83 bits per heavy atom. The van der Waals surface area contributed by atoms with Crippen molar-refractivity contribution < 1.29 is 4.74 Å². The summed E-state index contributed by atoms with van der Waals surface area (Å²) in [4.78, 5) is 3.98. The van der Waals surface area contributed by atoms with Crippen molar-refractivity contribution in [2.75, 3.05) is 5.73 Å². The molecule has 0 aliphatic rings. The van der Waals surface area contributed by atoms with Crippen molar-refractivity contribution in [2.45, 2.75) is 0 Å². The molecule has 2 rings (SSSR count). The van der Waals surface area contributed by atoms with Gasteiger partial charge in [-0.2, -0.15) is 5.26 Å². The molecule has 2 aromatic rings. The zero-order chi connectivity index (χ0) is 13.1. The minimum absolute atomic E-state index is 0.203. The number of aromatic nitrogens is 1. The van der Waals surface area contributed by atoms with Crippen LogP contribution in [0, 0.1) is 11.3 Å². The number of benzene rings is 1. The minimum atomic E-state index is 0.203. The molecule has 0 spiro atoms. The van der Waals surface area contributed by atoms with E-state index in [9.17, 15) is 0 Å². The number of nitrogens with zero attached hydrogens (tertiary/aromatic N) is 2. The molecule has 0 fully saturated rings. The van der Waals surface area contributed by atoms with Crippen LogP contribution in [0.1, 0.15) is 5.56 Å². The van der Waals surface area contributed by atoms with Crippen molar-refractivity contribution in [3.05, 3.63) is 45.5 Å². The van der Waals surface area contributed by atoms with Crippen LogP contribution < -0.4 is 10.5 Å². The second-order valence-electron chi connectivity index (χ2n) is 3.41. The summed E-state index contributed by atoms with van der Waals surface area (Å²) in [6.07, 6.45) is 1.43. The third-order valence-electron chi connectivity index (χ3n) is 2.09. The predicted octanol–water partition coefficient (Wildman–Crippen LogP) is 3.74. The number of hydrogen-bond donors (Lipinski definition) is 1. The molecule has 0 saturated heterocycles. The van der Waals surface area contributed by atoms with Gasteiger partial charge in [-0.1, -0.05) is 11.6 Å². The molecule has 0 radical (unpaired) electrons. The normalized spacial score (nSPS) is 9.83. The van der Waals surface area contributed by atoms with Crippen LogP contribution in [-0.2, 0) is 0 Å². The van der Waals surface area contributed by atoms with E-state index in [1.807, 2.05) is 6.07 Å². The quantitative estimate of drug-likeness (QED) is 0.913. The monoisotopic (exact) mass is 323 g/mol. The maximum absolute atomic E-state index is 8.98. The summed E-state index contributed by atoms with van der Waals surface area (Å²) in [6, 6.07) is 8.55. The van der Waals surface area contributed by atoms with Gasteiger partial charge in [0.2, 0.25) is 5.88 Å². The van der Waals surface area contributed by atoms with Gasteiger partial charge in [-0.15, -0.1) is 0 Å². The third kappa shape index (κ3) is 2.73. The lowest BCUT2D eigenvalue weighted by Crippen LogP contribution is -1.95. The van der Waals surface area contributed by atoms with E-state index >= 15 is 0 Å². The number of nitrogen functional groups attached to an aromatic ring is 1. The van der Waals surface area contributed by atoms with Gasteiger partial charge in [-0.05, 0) is 40.2 Å². The Labute approximate surface area is 117 Å². The summed E-state index contributed by atoms with van der Waals surface area (Å²) in [5, 5.41) is 9.56. The number of nitrogens with two attached hydrogens (primary N) is 1. The Bertz CT molecular complexity index is 640. The molecule has 18 heavy (non-hydrogen) atoms. The smallest absolute Gasteiger partial charge is 0.237 e.